The van der Waals surface area contributed by atoms with Crippen LogP contribution in [0.15, 0.2) is 36.5 Å². The van der Waals surface area contributed by atoms with Crippen molar-refractivity contribution in [3.63, 3.8) is 0 Å². The summed E-state index contributed by atoms with van der Waals surface area (Å²) in [4.78, 5) is 14.5. The van der Waals surface area contributed by atoms with Crippen molar-refractivity contribution >= 4 is 5.91 Å². The third kappa shape index (κ3) is 3.44. The molecule has 0 spiro atoms. The molecule has 132 valence electrons. The summed E-state index contributed by atoms with van der Waals surface area (Å²) in [5.74, 6) is 0.0621. The average Bonchev–Trinajstić information content (AvgIpc) is 3.04. The molecule has 7 nitrogen and oxygen atoms in total. The van der Waals surface area contributed by atoms with E-state index in [0.29, 0.717) is 19.6 Å². The maximum Gasteiger partial charge on any atom is 0.224 e. The number of carbonyl (C=O) groups excluding carboxylic acids is 1. The maximum absolute atomic E-state index is 12.3. The Morgan fingerprint density at radius 1 is 1.20 bits per heavy atom. The quantitative estimate of drug-likeness (QED) is 0.870. The van der Waals surface area contributed by atoms with Crippen LogP contribution in [0.4, 0.5) is 0 Å². The molecule has 0 aliphatic carbocycles. The van der Waals surface area contributed by atoms with E-state index in [1.807, 2.05) is 48.1 Å². The van der Waals surface area contributed by atoms with Gasteiger partial charge in [0.15, 0.2) is 0 Å². The summed E-state index contributed by atoms with van der Waals surface area (Å²) in [5.41, 5.74) is 3.02. The highest BCUT2D eigenvalue weighted by Gasteiger charge is 2.32. The molecule has 2 N–H and O–H groups in total. The Bertz CT molecular complexity index is 739. The van der Waals surface area contributed by atoms with E-state index in [2.05, 4.69) is 20.6 Å². The van der Waals surface area contributed by atoms with Gasteiger partial charge in [-0.05, 0) is 19.1 Å². The summed E-state index contributed by atoms with van der Waals surface area (Å²) >= 11 is 0. The number of hydrogen-bond donors (Lipinski definition) is 2. The molecule has 2 aliphatic rings. The van der Waals surface area contributed by atoms with Crippen LogP contribution in [0.25, 0.3) is 5.69 Å². The number of rotatable bonds is 3. The highest BCUT2D eigenvalue weighted by atomic mass is 16.5. The van der Waals surface area contributed by atoms with Crippen molar-refractivity contribution in [2.45, 2.75) is 25.7 Å². The molecule has 1 amide bonds. The van der Waals surface area contributed by atoms with Crippen molar-refractivity contribution < 1.29 is 9.53 Å². The standard InChI is InChI=1S/C18H23N5O2/c1-13-15(12-23(21-13)14-5-3-2-4-6-14)16-11-17(24)20-18(19-16)22-7-9-25-10-8-22/h2-6,12,16,18-19H,7-11H2,1H3,(H,20,24). The number of hydrogen-bond acceptors (Lipinski definition) is 5. The third-order valence-corrected chi connectivity index (χ3v) is 4.79. The zero-order valence-corrected chi connectivity index (χ0v) is 14.3. The molecule has 2 fully saturated rings. The van der Waals surface area contributed by atoms with Gasteiger partial charge in [0.25, 0.3) is 0 Å². The van der Waals surface area contributed by atoms with Crippen LogP contribution in [0, 0.1) is 6.92 Å². The topological polar surface area (TPSA) is 71.4 Å². The Balaban J connectivity index is 1.56. The number of aryl methyl sites for hydroxylation is 1. The molecule has 2 unspecified atom stereocenters. The smallest absolute Gasteiger partial charge is 0.224 e. The summed E-state index contributed by atoms with van der Waals surface area (Å²) in [6.45, 7) is 5.01. The zero-order valence-electron chi connectivity index (χ0n) is 14.3. The molecule has 2 aliphatic heterocycles. The number of nitrogens with one attached hydrogen (secondary N) is 2. The largest absolute Gasteiger partial charge is 0.379 e. The number of benzene rings is 1. The zero-order chi connectivity index (χ0) is 17.2. The fourth-order valence-electron chi connectivity index (χ4n) is 3.45. The Morgan fingerprint density at radius 3 is 2.72 bits per heavy atom. The van der Waals surface area contributed by atoms with Gasteiger partial charge in [-0.2, -0.15) is 5.10 Å². The van der Waals surface area contributed by atoms with Crippen LogP contribution >= 0.6 is 0 Å². The average molecular weight is 341 g/mol. The Hall–Kier alpha value is -2.22. The number of amides is 1. The summed E-state index contributed by atoms with van der Waals surface area (Å²) < 4.78 is 7.28. The van der Waals surface area contributed by atoms with E-state index in [9.17, 15) is 4.79 Å². The molecule has 4 rings (SSSR count). The van der Waals surface area contributed by atoms with Gasteiger partial charge in [-0.1, -0.05) is 18.2 Å². The minimum Gasteiger partial charge on any atom is -0.379 e. The second-order valence-electron chi connectivity index (χ2n) is 6.49. The summed E-state index contributed by atoms with van der Waals surface area (Å²) in [5, 5.41) is 11.2. The van der Waals surface area contributed by atoms with Crippen LogP contribution < -0.4 is 10.6 Å². The van der Waals surface area contributed by atoms with Crippen LogP contribution in [-0.2, 0) is 9.53 Å². The molecular formula is C18H23N5O2. The van der Waals surface area contributed by atoms with Crippen molar-refractivity contribution in [3.8, 4) is 5.69 Å². The normalized spacial score (nSPS) is 24.9. The minimum atomic E-state index is -0.158. The Morgan fingerprint density at radius 2 is 1.96 bits per heavy atom. The SMILES string of the molecule is Cc1nn(-c2ccccc2)cc1C1CC(=O)NC(N2CCOCC2)N1. The van der Waals surface area contributed by atoms with Crippen LogP contribution in [0.2, 0.25) is 0 Å². The molecule has 0 bridgehead atoms. The Labute approximate surface area is 147 Å². The molecule has 2 atom stereocenters. The first-order valence-corrected chi connectivity index (χ1v) is 8.69. The molecule has 1 aromatic heterocycles. The van der Waals surface area contributed by atoms with Gasteiger partial charge in [0, 0.05) is 37.3 Å². The Kier molecular flexibility index (Phi) is 4.52. The molecule has 1 aromatic carbocycles. The fourth-order valence-corrected chi connectivity index (χ4v) is 3.45. The van der Waals surface area contributed by atoms with Gasteiger partial charge < -0.3 is 10.1 Å². The van der Waals surface area contributed by atoms with Crippen molar-refractivity contribution in [1.82, 2.24) is 25.3 Å². The van der Waals surface area contributed by atoms with Crippen LogP contribution in [0.1, 0.15) is 23.7 Å². The van der Waals surface area contributed by atoms with Crippen molar-refractivity contribution in [2.75, 3.05) is 26.3 Å². The second kappa shape index (κ2) is 6.95. The van der Waals surface area contributed by atoms with E-state index in [1.54, 1.807) is 0 Å². The van der Waals surface area contributed by atoms with E-state index in [1.165, 1.54) is 0 Å². The predicted octanol–water partition coefficient (Wildman–Crippen LogP) is 0.947. The summed E-state index contributed by atoms with van der Waals surface area (Å²) in [6, 6.07) is 9.97. The van der Waals surface area contributed by atoms with Gasteiger partial charge in [-0.25, -0.2) is 4.68 Å². The van der Waals surface area contributed by atoms with Gasteiger partial charge in [0.05, 0.1) is 24.6 Å². The first kappa shape index (κ1) is 16.3. The van der Waals surface area contributed by atoms with Gasteiger partial charge >= 0.3 is 0 Å². The van der Waals surface area contributed by atoms with Crippen molar-refractivity contribution in [3.05, 3.63) is 47.8 Å². The molecule has 25 heavy (non-hydrogen) atoms. The summed E-state index contributed by atoms with van der Waals surface area (Å²) in [6.07, 6.45) is 2.29. The highest BCUT2D eigenvalue weighted by Crippen LogP contribution is 2.25. The molecule has 0 radical (unpaired) electrons. The molecule has 3 heterocycles. The van der Waals surface area contributed by atoms with Crippen LogP contribution in [-0.4, -0.2) is 53.2 Å². The van der Waals surface area contributed by atoms with Crippen LogP contribution in [0.5, 0.6) is 0 Å². The van der Waals surface area contributed by atoms with E-state index in [-0.39, 0.29) is 18.2 Å². The number of nitrogens with zero attached hydrogens (tertiary/aromatic N) is 3. The lowest BCUT2D eigenvalue weighted by Gasteiger charge is -2.40. The van der Waals surface area contributed by atoms with E-state index < -0.39 is 0 Å². The van der Waals surface area contributed by atoms with Gasteiger partial charge in [-0.3, -0.25) is 15.0 Å². The lowest BCUT2D eigenvalue weighted by molar-refractivity contribution is -0.128. The third-order valence-electron chi connectivity index (χ3n) is 4.79. The first-order valence-electron chi connectivity index (χ1n) is 8.69. The molecular weight excluding hydrogens is 318 g/mol. The number of carbonyl (C=O) groups is 1. The second-order valence-corrected chi connectivity index (χ2v) is 6.49. The lowest BCUT2D eigenvalue weighted by atomic mass is 10.0. The van der Waals surface area contributed by atoms with E-state index in [0.717, 1.165) is 30.0 Å². The number of para-hydroxylation sites is 1. The summed E-state index contributed by atoms with van der Waals surface area (Å²) in [7, 11) is 0. The molecule has 2 aromatic rings. The number of morpholine rings is 1. The highest BCUT2D eigenvalue weighted by molar-refractivity contribution is 5.78. The van der Waals surface area contributed by atoms with E-state index in [4.69, 9.17) is 4.74 Å². The van der Waals surface area contributed by atoms with E-state index >= 15 is 0 Å². The fraction of sp³-hybridized carbons (Fsp3) is 0.444. The van der Waals surface area contributed by atoms with Gasteiger partial charge in [-0.15, -0.1) is 0 Å². The minimum absolute atomic E-state index is 0.0425. The monoisotopic (exact) mass is 341 g/mol. The first-order chi connectivity index (χ1) is 12.2. The molecule has 0 saturated carbocycles. The predicted molar refractivity (Wildman–Crippen MR) is 93.1 cm³/mol. The molecule has 2 saturated heterocycles. The van der Waals surface area contributed by atoms with Crippen molar-refractivity contribution in [2.24, 2.45) is 0 Å². The van der Waals surface area contributed by atoms with Crippen LogP contribution in [0.3, 0.4) is 0 Å². The maximum atomic E-state index is 12.3. The van der Waals surface area contributed by atoms with Gasteiger partial charge in [0.2, 0.25) is 5.91 Å². The number of aromatic nitrogens is 2. The van der Waals surface area contributed by atoms with Crippen molar-refractivity contribution in [1.29, 1.82) is 0 Å². The van der Waals surface area contributed by atoms with Gasteiger partial charge in [0.1, 0.15) is 6.29 Å². The molecule has 7 heteroatoms. The number of ether oxygens (including phenoxy) is 1. The lowest BCUT2D eigenvalue weighted by Crippen LogP contribution is -2.63.